The number of aromatic nitrogens is 5. The lowest BCUT2D eigenvalue weighted by Crippen LogP contribution is -2.19. The molecule has 9 nitrogen and oxygen atoms in total. The first-order valence-electron chi connectivity index (χ1n) is 7.56. The highest BCUT2D eigenvalue weighted by atomic mass is 16.2. The van der Waals surface area contributed by atoms with E-state index in [1.165, 1.54) is 22.6 Å². The molecule has 0 radical (unpaired) electrons. The zero-order valence-electron chi connectivity index (χ0n) is 13.8. The number of nitrogens with one attached hydrogen (secondary N) is 2. The zero-order valence-corrected chi connectivity index (χ0v) is 13.8. The molecule has 0 aliphatic heterocycles. The molecule has 2 amide bonds. The van der Waals surface area contributed by atoms with Crippen LogP contribution in [0.4, 0.5) is 11.5 Å². The van der Waals surface area contributed by atoms with Crippen LogP contribution in [-0.2, 0) is 23.2 Å². The van der Waals surface area contributed by atoms with Crippen molar-refractivity contribution in [1.29, 1.82) is 0 Å². The van der Waals surface area contributed by atoms with Crippen LogP contribution >= 0.6 is 0 Å². The fourth-order valence-corrected chi connectivity index (χ4v) is 2.31. The predicted molar refractivity (Wildman–Crippen MR) is 91.6 cm³/mol. The van der Waals surface area contributed by atoms with Crippen LogP contribution in [0, 0.1) is 0 Å². The first kappa shape index (κ1) is 16.4. The Balaban J connectivity index is 1.67. The summed E-state index contributed by atoms with van der Waals surface area (Å²) in [6, 6.07) is 7.41. The van der Waals surface area contributed by atoms with E-state index in [0.717, 1.165) is 11.1 Å². The number of nitrogens with zero attached hydrogens (tertiary/aromatic N) is 5. The van der Waals surface area contributed by atoms with Gasteiger partial charge < -0.3 is 10.6 Å². The summed E-state index contributed by atoms with van der Waals surface area (Å²) >= 11 is 0. The molecule has 0 atom stereocenters. The smallest absolute Gasteiger partial charge is 0.247 e. The Bertz CT molecular complexity index is 913. The molecule has 2 N–H and O–H groups in total. The zero-order chi connectivity index (χ0) is 17.8. The molecular weight excluding hydrogens is 322 g/mol. The lowest BCUT2D eigenvalue weighted by Gasteiger charge is -2.04. The van der Waals surface area contributed by atoms with Gasteiger partial charge in [0, 0.05) is 31.4 Å². The first-order chi connectivity index (χ1) is 12.0. The van der Waals surface area contributed by atoms with Gasteiger partial charge in [-0.05, 0) is 17.7 Å². The van der Waals surface area contributed by atoms with Gasteiger partial charge in [-0.25, -0.2) is 0 Å². The quantitative estimate of drug-likeness (QED) is 0.728. The predicted octanol–water partition coefficient (Wildman–Crippen LogP) is 1.28. The van der Waals surface area contributed by atoms with Crippen LogP contribution in [-0.4, -0.2) is 36.6 Å². The normalized spacial score (nSPS) is 10.5. The van der Waals surface area contributed by atoms with E-state index in [1.54, 1.807) is 19.4 Å². The summed E-state index contributed by atoms with van der Waals surface area (Å²) in [4.78, 5) is 24.5. The topological polar surface area (TPSA) is 107 Å². The minimum Gasteiger partial charge on any atom is -0.326 e. The van der Waals surface area contributed by atoms with Gasteiger partial charge >= 0.3 is 0 Å². The SMILES string of the molecule is CC(=O)Nc1cccc(-c2cnn(CC(=O)Nc3cnn(C)n3)c2)c1. The maximum atomic E-state index is 12.0. The summed E-state index contributed by atoms with van der Waals surface area (Å²) in [5.74, 6) is 0.0126. The third kappa shape index (κ3) is 4.28. The van der Waals surface area contributed by atoms with Crippen LogP contribution in [0.5, 0.6) is 0 Å². The highest BCUT2D eigenvalue weighted by Gasteiger charge is 2.09. The molecule has 0 aliphatic carbocycles. The third-order valence-corrected chi connectivity index (χ3v) is 3.32. The Hall–Kier alpha value is -3.49. The van der Waals surface area contributed by atoms with Crippen molar-refractivity contribution < 1.29 is 9.59 Å². The standard InChI is InChI=1S/C16H17N7O2/c1-11(24)19-14-5-3-4-12(6-14)13-7-18-23(9-13)10-16(25)20-15-8-17-22(2)21-15/h3-9H,10H2,1-2H3,(H,19,24)(H,20,21,25). The molecule has 128 valence electrons. The highest BCUT2D eigenvalue weighted by Crippen LogP contribution is 2.22. The van der Waals surface area contributed by atoms with E-state index in [1.807, 2.05) is 24.3 Å². The van der Waals surface area contributed by atoms with E-state index in [9.17, 15) is 9.59 Å². The third-order valence-electron chi connectivity index (χ3n) is 3.32. The van der Waals surface area contributed by atoms with E-state index in [0.29, 0.717) is 11.5 Å². The molecule has 9 heteroatoms. The summed E-state index contributed by atoms with van der Waals surface area (Å²) in [5.41, 5.74) is 2.45. The molecular formula is C16H17N7O2. The lowest BCUT2D eigenvalue weighted by molar-refractivity contribution is -0.117. The summed E-state index contributed by atoms with van der Waals surface area (Å²) in [6.45, 7) is 1.52. The molecule has 3 rings (SSSR count). The molecule has 0 spiro atoms. The van der Waals surface area contributed by atoms with E-state index < -0.39 is 0 Å². The highest BCUT2D eigenvalue weighted by molar-refractivity contribution is 5.90. The second-order valence-electron chi connectivity index (χ2n) is 5.46. The number of rotatable bonds is 5. The number of hydrogen-bond donors (Lipinski definition) is 2. The number of anilines is 2. The first-order valence-corrected chi connectivity index (χ1v) is 7.56. The molecule has 2 aromatic heterocycles. The maximum Gasteiger partial charge on any atom is 0.247 e. The Morgan fingerprint density at radius 3 is 2.68 bits per heavy atom. The van der Waals surface area contributed by atoms with Crippen LogP contribution in [0.3, 0.4) is 0 Å². The fraction of sp³-hybridized carbons (Fsp3) is 0.188. The van der Waals surface area contributed by atoms with Gasteiger partial charge in [-0.2, -0.15) is 15.0 Å². The average molecular weight is 339 g/mol. The number of benzene rings is 1. The number of aryl methyl sites for hydroxylation is 1. The lowest BCUT2D eigenvalue weighted by atomic mass is 10.1. The van der Waals surface area contributed by atoms with Crippen molar-refractivity contribution in [3.05, 3.63) is 42.9 Å². The van der Waals surface area contributed by atoms with E-state index >= 15 is 0 Å². The monoisotopic (exact) mass is 339 g/mol. The molecule has 0 aliphatic rings. The minimum atomic E-state index is -0.248. The van der Waals surface area contributed by atoms with Crippen LogP contribution in [0.15, 0.2) is 42.9 Å². The molecule has 1 aromatic carbocycles. The van der Waals surface area contributed by atoms with Crippen molar-refractivity contribution in [1.82, 2.24) is 24.8 Å². The minimum absolute atomic E-state index is 0.0575. The average Bonchev–Trinajstić information content (AvgIpc) is 3.16. The van der Waals surface area contributed by atoms with Gasteiger partial charge in [0.25, 0.3) is 0 Å². The number of hydrogen-bond acceptors (Lipinski definition) is 5. The summed E-state index contributed by atoms with van der Waals surface area (Å²) < 4.78 is 1.53. The molecule has 0 saturated heterocycles. The maximum absolute atomic E-state index is 12.0. The molecule has 0 bridgehead atoms. The molecule has 0 fully saturated rings. The molecule has 3 aromatic rings. The van der Waals surface area contributed by atoms with Crippen molar-refractivity contribution >= 4 is 23.3 Å². The second kappa shape index (κ2) is 6.95. The van der Waals surface area contributed by atoms with Gasteiger partial charge in [-0.15, -0.1) is 5.10 Å². The van der Waals surface area contributed by atoms with Crippen LogP contribution in [0.25, 0.3) is 11.1 Å². The van der Waals surface area contributed by atoms with Crippen molar-refractivity contribution in [2.75, 3.05) is 10.6 Å². The Morgan fingerprint density at radius 1 is 1.12 bits per heavy atom. The number of amides is 2. The van der Waals surface area contributed by atoms with Gasteiger partial charge in [-0.1, -0.05) is 12.1 Å². The van der Waals surface area contributed by atoms with E-state index in [2.05, 4.69) is 25.9 Å². The number of carbonyl (C=O) groups is 2. The molecule has 25 heavy (non-hydrogen) atoms. The Morgan fingerprint density at radius 2 is 1.96 bits per heavy atom. The Labute approximate surface area is 143 Å². The van der Waals surface area contributed by atoms with Crippen LogP contribution in [0.1, 0.15) is 6.92 Å². The number of carbonyl (C=O) groups excluding carboxylic acids is 2. The van der Waals surface area contributed by atoms with Crippen molar-refractivity contribution in [2.45, 2.75) is 13.5 Å². The molecule has 2 heterocycles. The summed E-state index contributed by atoms with van der Waals surface area (Å²) in [5, 5.41) is 17.5. The molecule has 0 saturated carbocycles. The van der Waals surface area contributed by atoms with E-state index in [-0.39, 0.29) is 18.4 Å². The largest absolute Gasteiger partial charge is 0.326 e. The van der Waals surface area contributed by atoms with Gasteiger partial charge in [-0.3, -0.25) is 14.3 Å². The Kier molecular flexibility index (Phi) is 4.55. The van der Waals surface area contributed by atoms with Crippen molar-refractivity contribution in [2.24, 2.45) is 7.05 Å². The summed E-state index contributed by atoms with van der Waals surface area (Å²) in [6.07, 6.45) is 4.91. The van der Waals surface area contributed by atoms with Crippen LogP contribution < -0.4 is 10.6 Å². The second-order valence-corrected chi connectivity index (χ2v) is 5.46. The van der Waals surface area contributed by atoms with Crippen LogP contribution in [0.2, 0.25) is 0 Å². The fourth-order valence-electron chi connectivity index (χ4n) is 2.31. The van der Waals surface area contributed by atoms with Gasteiger partial charge in [0.05, 0.1) is 12.4 Å². The van der Waals surface area contributed by atoms with Gasteiger partial charge in [0.15, 0.2) is 5.82 Å². The van der Waals surface area contributed by atoms with Crippen molar-refractivity contribution in [3.63, 3.8) is 0 Å². The summed E-state index contributed by atoms with van der Waals surface area (Å²) in [7, 11) is 1.67. The van der Waals surface area contributed by atoms with Gasteiger partial charge in [0.1, 0.15) is 6.54 Å². The molecule has 0 unspecified atom stereocenters. The van der Waals surface area contributed by atoms with E-state index in [4.69, 9.17) is 0 Å². The van der Waals surface area contributed by atoms with Gasteiger partial charge in [0.2, 0.25) is 11.8 Å². The van der Waals surface area contributed by atoms with Crippen molar-refractivity contribution in [3.8, 4) is 11.1 Å².